The summed E-state index contributed by atoms with van der Waals surface area (Å²) in [7, 11) is 0. The van der Waals surface area contributed by atoms with E-state index < -0.39 is 0 Å². The molecule has 1 heterocycles. The first-order valence-electron chi connectivity index (χ1n) is 7.73. The van der Waals surface area contributed by atoms with Crippen LogP contribution in [0.25, 0.3) is 0 Å². The van der Waals surface area contributed by atoms with Gasteiger partial charge in [0.2, 0.25) is 5.91 Å². The van der Waals surface area contributed by atoms with E-state index in [4.69, 9.17) is 11.6 Å². The fraction of sp³-hybridized carbons (Fsp3) is 0.353. The number of carbonyl (C=O) groups is 1. The Morgan fingerprint density at radius 3 is 2.83 bits per heavy atom. The number of halogens is 1. The summed E-state index contributed by atoms with van der Waals surface area (Å²) in [6, 6.07) is 8.85. The van der Waals surface area contributed by atoms with E-state index in [9.17, 15) is 9.59 Å². The maximum absolute atomic E-state index is 12.0. The van der Waals surface area contributed by atoms with Crippen LogP contribution < -0.4 is 10.9 Å². The number of hydrogen-bond acceptors (Lipinski definition) is 3. The fourth-order valence-electron chi connectivity index (χ4n) is 2.75. The number of benzene rings is 1. The molecule has 1 aliphatic carbocycles. The summed E-state index contributed by atoms with van der Waals surface area (Å²) < 4.78 is 1.44. The Balaban J connectivity index is 1.52. The number of amides is 1. The highest BCUT2D eigenvalue weighted by molar-refractivity contribution is 6.30. The van der Waals surface area contributed by atoms with Crippen molar-refractivity contribution in [3.63, 3.8) is 0 Å². The smallest absolute Gasteiger partial charge is 0.267 e. The molecular weight excluding hydrogens is 314 g/mol. The average molecular weight is 332 g/mol. The predicted molar refractivity (Wildman–Crippen MR) is 88.7 cm³/mol. The molecule has 0 bridgehead atoms. The molecule has 3 rings (SSSR count). The zero-order chi connectivity index (χ0) is 16.2. The summed E-state index contributed by atoms with van der Waals surface area (Å²) in [5.41, 5.74) is 2.88. The molecule has 1 aromatic carbocycles. The zero-order valence-corrected chi connectivity index (χ0v) is 13.5. The summed E-state index contributed by atoms with van der Waals surface area (Å²) in [5.74, 6) is -0.0819. The Morgan fingerprint density at radius 2 is 2.04 bits per heavy atom. The second-order valence-corrected chi connectivity index (χ2v) is 6.12. The zero-order valence-electron chi connectivity index (χ0n) is 12.7. The molecule has 1 N–H and O–H groups in total. The van der Waals surface area contributed by atoms with Crippen LogP contribution in [-0.2, 0) is 30.6 Å². The number of fused-ring (bicyclic) bond motifs is 1. The fourth-order valence-corrected chi connectivity index (χ4v) is 2.88. The van der Waals surface area contributed by atoms with Crippen LogP contribution in [0.1, 0.15) is 23.2 Å². The van der Waals surface area contributed by atoms with Crippen LogP contribution >= 0.6 is 11.6 Å². The Kier molecular flexibility index (Phi) is 4.76. The molecule has 0 unspecified atom stereocenters. The highest BCUT2D eigenvalue weighted by Crippen LogP contribution is 2.16. The Hall–Kier alpha value is -2.14. The van der Waals surface area contributed by atoms with Gasteiger partial charge < -0.3 is 5.32 Å². The van der Waals surface area contributed by atoms with E-state index in [-0.39, 0.29) is 11.5 Å². The molecule has 5 nitrogen and oxygen atoms in total. The lowest BCUT2D eigenvalue weighted by Gasteiger charge is -2.08. The third-order valence-corrected chi connectivity index (χ3v) is 4.20. The topological polar surface area (TPSA) is 64.0 Å². The Morgan fingerprint density at radius 1 is 1.26 bits per heavy atom. The first kappa shape index (κ1) is 15.7. The molecular formula is C17H18ClN3O2. The van der Waals surface area contributed by atoms with Gasteiger partial charge in [-0.25, -0.2) is 4.68 Å². The predicted octanol–water partition coefficient (Wildman–Crippen LogP) is 1.74. The lowest BCUT2D eigenvalue weighted by Crippen LogP contribution is -2.33. The normalized spacial score (nSPS) is 12.9. The molecule has 6 heteroatoms. The lowest BCUT2D eigenvalue weighted by atomic mass is 10.1. The molecule has 120 valence electrons. The second-order valence-electron chi connectivity index (χ2n) is 5.68. The van der Waals surface area contributed by atoms with Crippen molar-refractivity contribution in [1.82, 2.24) is 15.1 Å². The molecule has 1 aromatic heterocycles. The average Bonchev–Trinajstić information content (AvgIpc) is 2.97. The van der Waals surface area contributed by atoms with Gasteiger partial charge in [-0.3, -0.25) is 9.59 Å². The SMILES string of the molecule is O=C(Cc1ccc(Cl)cc1)NCCn1nc2c(cc1=O)CCC2. The molecule has 0 saturated heterocycles. The van der Waals surface area contributed by atoms with Crippen LogP contribution in [0.2, 0.25) is 5.02 Å². The van der Waals surface area contributed by atoms with Gasteiger partial charge in [-0.15, -0.1) is 0 Å². The molecule has 0 aliphatic heterocycles. The van der Waals surface area contributed by atoms with Crippen LogP contribution in [-0.4, -0.2) is 22.2 Å². The van der Waals surface area contributed by atoms with E-state index in [0.717, 1.165) is 36.1 Å². The van der Waals surface area contributed by atoms with E-state index in [0.29, 0.717) is 24.5 Å². The minimum atomic E-state index is -0.0994. The van der Waals surface area contributed by atoms with Crippen LogP contribution in [0, 0.1) is 0 Å². The molecule has 0 spiro atoms. The highest BCUT2D eigenvalue weighted by Gasteiger charge is 2.14. The molecule has 0 saturated carbocycles. The van der Waals surface area contributed by atoms with Crippen molar-refractivity contribution in [3.05, 3.63) is 62.5 Å². The van der Waals surface area contributed by atoms with Gasteiger partial charge in [0.15, 0.2) is 0 Å². The first-order chi connectivity index (χ1) is 11.1. The van der Waals surface area contributed by atoms with Gasteiger partial charge in [0, 0.05) is 17.6 Å². The number of aromatic nitrogens is 2. The van der Waals surface area contributed by atoms with Gasteiger partial charge in [-0.05, 0) is 42.5 Å². The van der Waals surface area contributed by atoms with E-state index in [1.165, 1.54) is 4.68 Å². The van der Waals surface area contributed by atoms with Gasteiger partial charge in [0.25, 0.3) is 5.56 Å². The second kappa shape index (κ2) is 6.96. The van der Waals surface area contributed by atoms with E-state index in [1.54, 1.807) is 18.2 Å². The van der Waals surface area contributed by atoms with Gasteiger partial charge in [0.1, 0.15) is 0 Å². The molecule has 0 fully saturated rings. The Labute approximate surface area is 139 Å². The monoisotopic (exact) mass is 331 g/mol. The number of nitrogens with zero attached hydrogens (tertiary/aromatic N) is 2. The van der Waals surface area contributed by atoms with Gasteiger partial charge in [0.05, 0.1) is 18.7 Å². The molecule has 23 heavy (non-hydrogen) atoms. The van der Waals surface area contributed by atoms with Crippen molar-refractivity contribution in [2.45, 2.75) is 32.2 Å². The van der Waals surface area contributed by atoms with Crippen molar-refractivity contribution in [1.29, 1.82) is 0 Å². The number of aryl methyl sites for hydroxylation is 2. The van der Waals surface area contributed by atoms with Crippen molar-refractivity contribution >= 4 is 17.5 Å². The van der Waals surface area contributed by atoms with Crippen LogP contribution in [0.3, 0.4) is 0 Å². The van der Waals surface area contributed by atoms with Crippen LogP contribution in [0.15, 0.2) is 35.1 Å². The van der Waals surface area contributed by atoms with Gasteiger partial charge in [-0.2, -0.15) is 5.10 Å². The largest absolute Gasteiger partial charge is 0.354 e. The molecule has 0 atom stereocenters. The summed E-state index contributed by atoms with van der Waals surface area (Å²) in [4.78, 5) is 23.9. The highest BCUT2D eigenvalue weighted by atomic mass is 35.5. The quantitative estimate of drug-likeness (QED) is 0.907. The third kappa shape index (κ3) is 3.99. The van der Waals surface area contributed by atoms with Crippen molar-refractivity contribution in [2.24, 2.45) is 0 Å². The summed E-state index contributed by atoms with van der Waals surface area (Å²) in [6.07, 6.45) is 3.22. The minimum absolute atomic E-state index is 0.0819. The van der Waals surface area contributed by atoms with E-state index >= 15 is 0 Å². The Bertz CT molecular complexity index is 768. The maximum atomic E-state index is 12.0. The molecule has 1 aliphatic rings. The lowest BCUT2D eigenvalue weighted by molar-refractivity contribution is -0.120. The van der Waals surface area contributed by atoms with Crippen LogP contribution in [0.5, 0.6) is 0 Å². The molecule has 2 aromatic rings. The van der Waals surface area contributed by atoms with Crippen molar-refractivity contribution in [2.75, 3.05) is 6.54 Å². The van der Waals surface area contributed by atoms with Gasteiger partial charge in [-0.1, -0.05) is 23.7 Å². The summed E-state index contributed by atoms with van der Waals surface area (Å²) >= 11 is 5.81. The number of rotatable bonds is 5. The first-order valence-corrected chi connectivity index (χ1v) is 8.11. The third-order valence-electron chi connectivity index (χ3n) is 3.95. The summed E-state index contributed by atoms with van der Waals surface area (Å²) in [6.45, 7) is 0.774. The van der Waals surface area contributed by atoms with Gasteiger partial charge >= 0.3 is 0 Å². The number of carbonyl (C=O) groups excluding carboxylic acids is 1. The summed E-state index contributed by atoms with van der Waals surface area (Å²) in [5, 5.41) is 7.85. The van der Waals surface area contributed by atoms with Crippen molar-refractivity contribution < 1.29 is 4.79 Å². The molecule has 1 amide bonds. The van der Waals surface area contributed by atoms with Crippen LogP contribution in [0.4, 0.5) is 0 Å². The maximum Gasteiger partial charge on any atom is 0.267 e. The van der Waals surface area contributed by atoms with E-state index in [2.05, 4.69) is 10.4 Å². The standard InChI is InChI=1S/C17H18ClN3O2/c18-14-6-4-12(5-7-14)10-16(22)19-8-9-21-17(23)11-13-2-1-3-15(13)20-21/h4-7,11H,1-3,8-10H2,(H,19,22). The number of hydrogen-bond donors (Lipinski definition) is 1. The molecule has 0 radical (unpaired) electrons. The number of nitrogens with one attached hydrogen (secondary N) is 1. The minimum Gasteiger partial charge on any atom is -0.354 e. The van der Waals surface area contributed by atoms with E-state index in [1.807, 2.05) is 12.1 Å². The van der Waals surface area contributed by atoms with Crippen molar-refractivity contribution in [3.8, 4) is 0 Å².